The Labute approximate surface area is 76.7 Å². The fourth-order valence-corrected chi connectivity index (χ4v) is 0.862. The molecule has 0 fully saturated rings. The average Bonchev–Trinajstić information content (AvgIpc) is 2.16. The van der Waals surface area contributed by atoms with Crippen molar-refractivity contribution in [2.75, 3.05) is 0 Å². The van der Waals surface area contributed by atoms with Crippen LogP contribution < -0.4 is 0 Å². The van der Waals surface area contributed by atoms with Crippen LogP contribution in [0.15, 0.2) is 18.2 Å². The maximum Gasteiger partial charge on any atom is 0.461 e. The van der Waals surface area contributed by atoms with Crippen LogP contribution in [0.1, 0.15) is 0 Å². The number of hydrogen-bond acceptors (Lipinski definition) is 4. The van der Waals surface area contributed by atoms with E-state index in [1.807, 2.05) is 0 Å². The molecule has 1 rings (SSSR count). The maximum absolute atomic E-state index is 10.4. The summed E-state index contributed by atoms with van der Waals surface area (Å²) in [6.07, 6.45) is 0. The molecule has 0 aromatic heterocycles. The number of diazo groups is 1. The van der Waals surface area contributed by atoms with Crippen LogP contribution >= 0.6 is 0 Å². The van der Waals surface area contributed by atoms with Gasteiger partial charge in [0.2, 0.25) is 5.39 Å². The predicted molar refractivity (Wildman–Crippen MR) is 42.9 cm³/mol. The van der Waals surface area contributed by atoms with Crippen LogP contribution in [0.3, 0.4) is 0 Å². The first-order chi connectivity index (χ1) is 6.56. The summed E-state index contributed by atoms with van der Waals surface area (Å²) in [5.41, 5.74) is -1.18. The standard InChI is InChI=1S/C6H4N4O4/c7-8-5-2-1-4(9(11)12)3-6(5)10(13)14/h1-3H,(H,11,12)/q+2. The van der Waals surface area contributed by atoms with Gasteiger partial charge in [0.05, 0.1) is 9.83 Å². The van der Waals surface area contributed by atoms with Crippen molar-refractivity contribution in [3.05, 3.63) is 38.2 Å². The van der Waals surface area contributed by atoms with Crippen LogP contribution in [0.2, 0.25) is 0 Å². The lowest BCUT2D eigenvalue weighted by molar-refractivity contribution is -0.729. The monoisotopic (exact) mass is 196 g/mol. The molecule has 0 heterocycles. The largest absolute Gasteiger partial charge is 0.461 e. The van der Waals surface area contributed by atoms with Crippen molar-refractivity contribution < 1.29 is 15.1 Å². The van der Waals surface area contributed by atoms with E-state index in [2.05, 4.69) is 4.98 Å². The molecule has 0 spiro atoms. The average molecular weight is 196 g/mol. The first kappa shape index (κ1) is 9.53. The van der Waals surface area contributed by atoms with Crippen LogP contribution in [-0.4, -0.2) is 15.1 Å². The van der Waals surface area contributed by atoms with Crippen LogP contribution in [0, 0.1) is 20.4 Å². The van der Waals surface area contributed by atoms with Crippen LogP contribution in [0.5, 0.6) is 0 Å². The number of rotatable bonds is 2. The summed E-state index contributed by atoms with van der Waals surface area (Å²) in [6.45, 7) is 0. The molecule has 0 unspecified atom stereocenters. The molecular weight excluding hydrogens is 192 g/mol. The molecule has 1 aromatic rings. The first-order valence-corrected chi connectivity index (χ1v) is 3.36. The van der Waals surface area contributed by atoms with E-state index in [0.29, 0.717) is 0 Å². The summed E-state index contributed by atoms with van der Waals surface area (Å²) in [5.74, 6) is 0. The molecule has 0 aliphatic rings. The fraction of sp³-hybridized carbons (Fsp3) is 0. The highest BCUT2D eigenvalue weighted by Crippen LogP contribution is 2.30. The molecule has 70 valence electrons. The Balaban J connectivity index is 3.37. The zero-order valence-electron chi connectivity index (χ0n) is 6.69. The van der Waals surface area contributed by atoms with E-state index < -0.39 is 15.5 Å². The zero-order valence-corrected chi connectivity index (χ0v) is 6.69. The minimum absolute atomic E-state index is 0.291. The molecule has 0 saturated carbocycles. The van der Waals surface area contributed by atoms with Gasteiger partial charge >= 0.3 is 17.1 Å². The third-order valence-electron chi connectivity index (χ3n) is 1.48. The minimum atomic E-state index is -0.831. The van der Waals surface area contributed by atoms with Gasteiger partial charge in [0.1, 0.15) is 6.07 Å². The summed E-state index contributed by atoms with van der Waals surface area (Å²) in [4.78, 5) is 22.1. The van der Waals surface area contributed by atoms with E-state index in [9.17, 15) is 15.0 Å². The lowest BCUT2D eigenvalue weighted by atomic mass is 10.2. The second-order valence-electron chi connectivity index (χ2n) is 2.30. The Hall–Kier alpha value is -2.56. The number of nitro groups is 1. The van der Waals surface area contributed by atoms with Crippen molar-refractivity contribution in [3.63, 3.8) is 0 Å². The minimum Gasteiger partial charge on any atom is -0.258 e. The summed E-state index contributed by atoms with van der Waals surface area (Å²) < 4.78 is 0. The van der Waals surface area contributed by atoms with Gasteiger partial charge in [-0.3, -0.25) is 10.1 Å². The summed E-state index contributed by atoms with van der Waals surface area (Å²) >= 11 is 0. The first-order valence-electron chi connectivity index (χ1n) is 3.36. The Morgan fingerprint density at radius 2 is 2.07 bits per heavy atom. The molecule has 0 atom stereocenters. The highest BCUT2D eigenvalue weighted by atomic mass is 16.6. The van der Waals surface area contributed by atoms with Gasteiger partial charge in [0, 0.05) is 12.1 Å². The van der Waals surface area contributed by atoms with Crippen LogP contribution in [-0.2, 0) is 0 Å². The van der Waals surface area contributed by atoms with Gasteiger partial charge in [-0.1, -0.05) is 0 Å². The van der Waals surface area contributed by atoms with Crippen molar-refractivity contribution in [1.29, 1.82) is 5.39 Å². The molecule has 8 nitrogen and oxygen atoms in total. The van der Waals surface area contributed by atoms with E-state index in [1.54, 1.807) is 0 Å². The lowest BCUT2D eigenvalue weighted by Crippen LogP contribution is -1.94. The van der Waals surface area contributed by atoms with Crippen molar-refractivity contribution in [3.8, 4) is 0 Å². The smallest absolute Gasteiger partial charge is 0.258 e. The van der Waals surface area contributed by atoms with Crippen molar-refractivity contribution in [2.24, 2.45) is 0 Å². The Morgan fingerprint density at radius 3 is 2.50 bits per heavy atom. The van der Waals surface area contributed by atoms with Gasteiger partial charge in [-0.25, -0.2) is 5.21 Å². The molecule has 0 bridgehead atoms. The molecule has 0 radical (unpaired) electrons. The molecular formula is C6H4N4O4+2. The summed E-state index contributed by atoms with van der Waals surface area (Å²) in [7, 11) is 0. The number of benzene rings is 1. The molecule has 1 N–H and O–H groups in total. The second-order valence-corrected chi connectivity index (χ2v) is 2.30. The molecule has 0 amide bonds. The molecule has 8 heteroatoms. The zero-order chi connectivity index (χ0) is 10.7. The maximum atomic E-state index is 10.4. The number of hydrogen-bond donors (Lipinski definition) is 1. The van der Waals surface area contributed by atoms with E-state index in [1.165, 1.54) is 0 Å². The molecule has 14 heavy (non-hydrogen) atoms. The second kappa shape index (κ2) is 3.44. The van der Waals surface area contributed by atoms with E-state index in [-0.39, 0.29) is 11.4 Å². The van der Waals surface area contributed by atoms with Gasteiger partial charge in [-0.2, -0.15) is 0 Å². The van der Waals surface area contributed by atoms with Gasteiger partial charge in [0.25, 0.3) is 4.92 Å². The quantitative estimate of drug-likeness (QED) is 0.440. The van der Waals surface area contributed by atoms with Gasteiger partial charge in [-0.15, -0.1) is 0 Å². The topological polar surface area (TPSA) is 112 Å². The van der Waals surface area contributed by atoms with Gasteiger partial charge < -0.3 is 0 Å². The van der Waals surface area contributed by atoms with Crippen molar-refractivity contribution in [2.45, 2.75) is 0 Å². The van der Waals surface area contributed by atoms with Crippen LogP contribution in [0.4, 0.5) is 17.1 Å². The molecule has 0 aliphatic heterocycles. The van der Waals surface area contributed by atoms with Crippen LogP contribution in [0.25, 0.3) is 4.98 Å². The lowest BCUT2D eigenvalue weighted by Gasteiger charge is -1.85. The number of nitrogens with zero attached hydrogens (tertiary/aromatic N) is 4. The van der Waals surface area contributed by atoms with E-state index in [0.717, 1.165) is 18.2 Å². The normalized spacial score (nSPS) is 9.07. The Bertz CT molecular complexity index is 450. The molecule has 0 saturated heterocycles. The SMILES string of the molecule is N#[N+]c1ccc([N+](=O)O)cc1[N+](=O)[O-]. The van der Waals surface area contributed by atoms with Crippen molar-refractivity contribution in [1.82, 2.24) is 0 Å². The fourth-order valence-electron chi connectivity index (χ4n) is 0.862. The van der Waals surface area contributed by atoms with E-state index in [4.69, 9.17) is 10.6 Å². The third-order valence-corrected chi connectivity index (χ3v) is 1.48. The molecule has 0 aliphatic carbocycles. The van der Waals surface area contributed by atoms with E-state index >= 15 is 0 Å². The third kappa shape index (κ3) is 1.61. The Kier molecular flexibility index (Phi) is 2.34. The molecule has 1 aromatic carbocycles. The highest BCUT2D eigenvalue weighted by Gasteiger charge is 2.29. The van der Waals surface area contributed by atoms with Gasteiger partial charge in [0.15, 0.2) is 4.98 Å². The summed E-state index contributed by atoms with van der Waals surface area (Å²) in [6, 6.07) is 2.91. The predicted octanol–water partition coefficient (Wildman–Crippen LogP) is 1.88. The Morgan fingerprint density at radius 1 is 1.43 bits per heavy atom. The highest BCUT2D eigenvalue weighted by molar-refractivity contribution is 5.65. The van der Waals surface area contributed by atoms with Gasteiger partial charge in [-0.05, 0) is 0 Å². The van der Waals surface area contributed by atoms with Crippen molar-refractivity contribution >= 4 is 17.1 Å². The summed E-state index contributed by atoms with van der Waals surface area (Å²) in [5, 5.41) is 27.2. The number of nitro benzene ring substituents is 1.